The molecule has 92 valence electrons. The molecule has 0 aromatic carbocycles. The van der Waals surface area contributed by atoms with Gasteiger partial charge in [0.15, 0.2) is 0 Å². The molecule has 0 bridgehead atoms. The van der Waals surface area contributed by atoms with E-state index in [0.29, 0.717) is 0 Å². The average Bonchev–Trinajstić information content (AvgIpc) is 3.00. The number of nitrogens with one attached hydrogen (secondary N) is 2. The molecule has 0 aliphatic carbocycles. The Morgan fingerprint density at radius 1 is 1.41 bits per heavy atom. The molecule has 1 aromatic rings. The molecule has 8 heteroatoms. The zero-order chi connectivity index (χ0) is 12.3. The first-order chi connectivity index (χ1) is 8.18. The van der Waals surface area contributed by atoms with Crippen molar-refractivity contribution in [1.82, 2.24) is 30.8 Å². The molecule has 1 saturated heterocycles. The van der Waals surface area contributed by atoms with Crippen LogP contribution in [-0.4, -0.2) is 56.5 Å². The predicted molar refractivity (Wildman–Crippen MR) is 56.9 cm³/mol. The number of likely N-dealkylation sites (tertiary alicyclic amines) is 1. The molecule has 1 aliphatic rings. The molecule has 2 N–H and O–H groups in total. The molecular formula is C9H14N6O2. The smallest absolute Gasteiger partial charge is 0.293 e. The summed E-state index contributed by atoms with van der Waals surface area (Å²) in [5, 5.41) is 15.1. The third-order valence-corrected chi connectivity index (χ3v) is 2.68. The summed E-state index contributed by atoms with van der Waals surface area (Å²) >= 11 is 0. The van der Waals surface area contributed by atoms with Gasteiger partial charge in [-0.1, -0.05) is 0 Å². The number of aromatic nitrogens is 4. The van der Waals surface area contributed by atoms with Gasteiger partial charge >= 0.3 is 0 Å². The molecule has 2 amide bonds. The SMILES string of the molecule is CC(NC(=O)c1nn[nH]n1)C(=O)N1CCCC1. The van der Waals surface area contributed by atoms with Gasteiger partial charge in [0.05, 0.1) is 0 Å². The molecule has 8 nitrogen and oxygen atoms in total. The molecule has 1 unspecified atom stereocenters. The van der Waals surface area contributed by atoms with Crippen LogP contribution >= 0.6 is 0 Å². The highest BCUT2D eigenvalue weighted by Gasteiger charge is 2.25. The number of nitrogens with zero attached hydrogens (tertiary/aromatic N) is 4. The van der Waals surface area contributed by atoms with Gasteiger partial charge in [0.25, 0.3) is 11.7 Å². The summed E-state index contributed by atoms with van der Waals surface area (Å²) < 4.78 is 0. The van der Waals surface area contributed by atoms with Crippen LogP contribution in [-0.2, 0) is 4.79 Å². The van der Waals surface area contributed by atoms with Crippen LogP contribution in [0.1, 0.15) is 30.4 Å². The maximum Gasteiger partial charge on any atom is 0.293 e. The van der Waals surface area contributed by atoms with E-state index in [1.807, 2.05) is 0 Å². The van der Waals surface area contributed by atoms with Crippen molar-refractivity contribution in [3.63, 3.8) is 0 Å². The van der Waals surface area contributed by atoms with Crippen molar-refractivity contribution in [2.24, 2.45) is 0 Å². The van der Waals surface area contributed by atoms with Gasteiger partial charge < -0.3 is 10.2 Å². The number of hydrogen-bond donors (Lipinski definition) is 2. The van der Waals surface area contributed by atoms with E-state index < -0.39 is 11.9 Å². The Balaban J connectivity index is 1.90. The third-order valence-electron chi connectivity index (χ3n) is 2.68. The number of H-pyrrole nitrogens is 1. The number of carbonyl (C=O) groups is 2. The molecule has 2 rings (SSSR count). The fraction of sp³-hybridized carbons (Fsp3) is 0.667. The van der Waals surface area contributed by atoms with Crippen LogP contribution in [0.15, 0.2) is 0 Å². The number of hydrogen-bond acceptors (Lipinski definition) is 5. The quantitative estimate of drug-likeness (QED) is 0.698. The Morgan fingerprint density at radius 3 is 2.71 bits per heavy atom. The van der Waals surface area contributed by atoms with Gasteiger partial charge in [-0.2, -0.15) is 5.21 Å². The van der Waals surface area contributed by atoms with E-state index >= 15 is 0 Å². The number of rotatable bonds is 3. The second-order valence-electron chi connectivity index (χ2n) is 3.96. The van der Waals surface area contributed by atoms with E-state index in [9.17, 15) is 9.59 Å². The monoisotopic (exact) mass is 238 g/mol. The van der Waals surface area contributed by atoms with E-state index in [-0.39, 0.29) is 11.7 Å². The Morgan fingerprint density at radius 2 is 2.12 bits per heavy atom. The fourth-order valence-electron chi connectivity index (χ4n) is 1.79. The van der Waals surface area contributed by atoms with Crippen LogP contribution in [0.4, 0.5) is 0 Å². The van der Waals surface area contributed by atoms with Crippen LogP contribution in [0.5, 0.6) is 0 Å². The molecule has 1 fully saturated rings. The second kappa shape index (κ2) is 4.89. The Labute approximate surface area is 97.8 Å². The van der Waals surface area contributed by atoms with Crippen LogP contribution < -0.4 is 5.32 Å². The summed E-state index contributed by atoms with van der Waals surface area (Å²) in [7, 11) is 0. The van der Waals surface area contributed by atoms with Gasteiger partial charge in [-0.15, -0.1) is 10.2 Å². The van der Waals surface area contributed by atoms with Crippen molar-refractivity contribution in [2.45, 2.75) is 25.8 Å². The maximum atomic E-state index is 11.9. The van der Waals surface area contributed by atoms with Crippen molar-refractivity contribution in [1.29, 1.82) is 0 Å². The summed E-state index contributed by atoms with van der Waals surface area (Å²) in [5.74, 6) is -0.635. The van der Waals surface area contributed by atoms with Crippen molar-refractivity contribution >= 4 is 11.8 Å². The number of amides is 2. The van der Waals surface area contributed by atoms with Gasteiger partial charge in [-0.05, 0) is 25.0 Å². The molecule has 0 saturated carbocycles. The summed E-state index contributed by atoms with van der Waals surface area (Å²) in [6, 6.07) is -0.570. The lowest BCUT2D eigenvalue weighted by molar-refractivity contribution is -0.131. The summed E-state index contributed by atoms with van der Waals surface area (Å²) in [5.41, 5.74) is 0. The van der Waals surface area contributed by atoms with Gasteiger partial charge in [-0.25, -0.2) is 0 Å². The second-order valence-corrected chi connectivity index (χ2v) is 3.96. The summed E-state index contributed by atoms with van der Waals surface area (Å²) in [6.45, 7) is 3.18. The third kappa shape index (κ3) is 2.58. The highest BCUT2D eigenvalue weighted by molar-refractivity contribution is 5.94. The first kappa shape index (κ1) is 11.5. The zero-order valence-electron chi connectivity index (χ0n) is 9.51. The summed E-state index contributed by atoms with van der Waals surface area (Å²) in [6.07, 6.45) is 2.05. The molecule has 0 spiro atoms. The normalized spacial score (nSPS) is 16.9. The Kier molecular flexibility index (Phi) is 3.31. The van der Waals surface area contributed by atoms with Crippen LogP contribution in [0.2, 0.25) is 0 Å². The van der Waals surface area contributed by atoms with Gasteiger partial charge in [0, 0.05) is 13.1 Å². The number of tetrazole rings is 1. The summed E-state index contributed by atoms with van der Waals surface area (Å²) in [4.78, 5) is 25.2. The van der Waals surface area contributed by atoms with Crippen LogP contribution in [0.25, 0.3) is 0 Å². The van der Waals surface area contributed by atoms with Crippen LogP contribution in [0.3, 0.4) is 0 Å². The van der Waals surface area contributed by atoms with E-state index in [1.165, 1.54) is 0 Å². The molecule has 1 aliphatic heterocycles. The van der Waals surface area contributed by atoms with Crippen molar-refractivity contribution in [3.8, 4) is 0 Å². The lowest BCUT2D eigenvalue weighted by atomic mass is 10.3. The zero-order valence-corrected chi connectivity index (χ0v) is 9.51. The standard InChI is InChI=1S/C9H14N6O2/c1-6(9(17)15-4-2-3-5-15)10-8(16)7-11-13-14-12-7/h6H,2-5H2,1H3,(H,10,16)(H,11,12,13,14). The number of carbonyl (C=O) groups excluding carboxylic acids is 2. The van der Waals surface area contributed by atoms with Crippen LogP contribution in [0, 0.1) is 0 Å². The lowest BCUT2D eigenvalue weighted by Gasteiger charge is -2.20. The first-order valence-corrected chi connectivity index (χ1v) is 5.51. The largest absolute Gasteiger partial charge is 0.341 e. The van der Waals surface area contributed by atoms with Crippen molar-refractivity contribution in [2.75, 3.05) is 13.1 Å². The van der Waals surface area contributed by atoms with E-state index in [1.54, 1.807) is 11.8 Å². The molecule has 1 atom stereocenters. The van der Waals surface area contributed by atoms with Gasteiger partial charge in [-0.3, -0.25) is 9.59 Å². The highest BCUT2D eigenvalue weighted by atomic mass is 16.2. The Hall–Kier alpha value is -1.99. The highest BCUT2D eigenvalue weighted by Crippen LogP contribution is 2.08. The topological polar surface area (TPSA) is 104 Å². The molecule has 1 aromatic heterocycles. The minimum absolute atomic E-state index is 0.0638. The van der Waals surface area contributed by atoms with Gasteiger partial charge in [0.2, 0.25) is 5.91 Å². The minimum Gasteiger partial charge on any atom is -0.341 e. The average molecular weight is 238 g/mol. The first-order valence-electron chi connectivity index (χ1n) is 5.51. The molecule has 2 heterocycles. The van der Waals surface area contributed by atoms with Crippen molar-refractivity contribution in [3.05, 3.63) is 5.82 Å². The van der Waals surface area contributed by atoms with E-state index in [2.05, 4.69) is 25.9 Å². The van der Waals surface area contributed by atoms with E-state index in [4.69, 9.17) is 0 Å². The maximum absolute atomic E-state index is 11.9. The lowest BCUT2D eigenvalue weighted by Crippen LogP contribution is -2.46. The Bertz CT molecular complexity index is 398. The molecular weight excluding hydrogens is 224 g/mol. The molecule has 0 radical (unpaired) electrons. The van der Waals surface area contributed by atoms with Crippen molar-refractivity contribution < 1.29 is 9.59 Å². The molecule has 17 heavy (non-hydrogen) atoms. The fourth-order valence-corrected chi connectivity index (χ4v) is 1.79. The van der Waals surface area contributed by atoms with E-state index in [0.717, 1.165) is 25.9 Å². The predicted octanol–water partition coefficient (Wildman–Crippen LogP) is -1.06. The minimum atomic E-state index is -0.570. The number of aromatic amines is 1. The van der Waals surface area contributed by atoms with Gasteiger partial charge in [0.1, 0.15) is 6.04 Å².